The summed E-state index contributed by atoms with van der Waals surface area (Å²) in [6, 6.07) is 1.97. The molecule has 118 valence electrons. The molecule has 0 saturated heterocycles. The Bertz CT molecular complexity index is 493. The first-order chi connectivity index (χ1) is 9.77. The maximum Gasteiger partial charge on any atom is 0.391 e. The van der Waals surface area contributed by atoms with Crippen LogP contribution in [-0.2, 0) is 11.2 Å². The highest BCUT2D eigenvalue weighted by molar-refractivity contribution is 5.83. The molecular weight excluding hydrogens is 281 g/mol. The molecule has 21 heavy (non-hydrogen) atoms. The molecule has 0 bridgehead atoms. The summed E-state index contributed by atoms with van der Waals surface area (Å²) in [7, 11) is 0. The van der Waals surface area contributed by atoms with E-state index in [0.717, 1.165) is 0 Å². The van der Waals surface area contributed by atoms with Crippen LogP contribution >= 0.6 is 0 Å². The second-order valence-corrected chi connectivity index (χ2v) is 6.13. The number of alkyl halides is 3. The average molecular weight is 302 g/mol. The van der Waals surface area contributed by atoms with E-state index in [1.54, 1.807) is 16.9 Å². The third-order valence-corrected chi connectivity index (χ3v) is 4.14. The number of hydrogen-bond donors (Lipinski definition) is 0. The summed E-state index contributed by atoms with van der Waals surface area (Å²) in [5, 5.41) is 4.29. The van der Waals surface area contributed by atoms with Gasteiger partial charge in [0.15, 0.2) is 0 Å². The Kier molecular flexibility index (Phi) is 4.74. The predicted molar refractivity (Wildman–Crippen MR) is 72.8 cm³/mol. The van der Waals surface area contributed by atoms with E-state index in [1.165, 1.54) is 0 Å². The lowest BCUT2D eigenvalue weighted by atomic mass is 9.78. The number of ketones is 1. The fraction of sp³-hybridized carbons (Fsp3) is 0.733. The summed E-state index contributed by atoms with van der Waals surface area (Å²) in [6.45, 7) is 3.96. The van der Waals surface area contributed by atoms with Gasteiger partial charge in [-0.15, -0.1) is 0 Å². The van der Waals surface area contributed by atoms with E-state index in [0.29, 0.717) is 18.5 Å². The van der Waals surface area contributed by atoms with E-state index in [-0.39, 0.29) is 31.1 Å². The van der Waals surface area contributed by atoms with Crippen molar-refractivity contribution in [3.63, 3.8) is 0 Å². The molecule has 1 aromatic rings. The smallest absolute Gasteiger partial charge is 0.299 e. The molecular formula is C15H21F3N2O. The maximum absolute atomic E-state index is 12.8. The van der Waals surface area contributed by atoms with E-state index >= 15 is 0 Å². The van der Waals surface area contributed by atoms with Gasteiger partial charge in [-0.2, -0.15) is 18.3 Å². The topological polar surface area (TPSA) is 34.9 Å². The van der Waals surface area contributed by atoms with Crippen molar-refractivity contribution in [2.75, 3.05) is 0 Å². The number of hydrogen-bond acceptors (Lipinski definition) is 2. The Balaban J connectivity index is 1.96. The van der Waals surface area contributed by atoms with Crippen LogP contribution in [0.2, 0.25) is 0 Å². The lowest BCUT2D eigenvalue weighted by molar-refractivity contribution is -0.186. The number of Topliss-reactive ketones (excluding diaryl/α,β-unsaturated/α-hetero) is 1. The Labute approximate surface area is 122 Å². The molecule has 0 amide bonds. The normalized spacial score (nSPS) is 23.5. The van der Waals surface area contributed by atoms with Crippen LogP contribution in [0, 0.1) is 11.8 Å². The summed E-state index contributed by atoms with van der Waals surface area (Å²) >= 11 is 0. The summed E-state index contributed by atoms with van der Waals surface area (Å²) < 4.78 is 40.1. The molecule has 0 radical (unpaired) electrons. The van der Waals surface area contributed by atoms with E-state index in [2.05, 4.69) is 5.10 Å². The van der Waals surface area contributed by atoms with Crippen LogP contribution in [-0.4, -0.2) is 21.7 Å². The van der Waals surface area contributed by atoms with Crippen molar-refractivity contribution in [1.29, 1.82) is 0 Å². The van der Waals surface area contributed by atoms with Crippen molar-refractivity contribution >= 4 is 5.78 Å². The van der Waals surface area contributed by atoms with Gasteiger partial charge in [-0.25, -0.2) is 0 Å². The van der Waals surface area contributed by atoms with Gasteiger partial charge in [-0.1, -0.05) is 6.42 Å². The van der Waals surface area contributed by atoms with Crippen molar-refractivity contribution in [1.82, 2.24) is 9.78 Å². The standard InChI is InChI=1S/C15H21F3N2O/c1-10(2)20-7-6-13(19-20)9-14(21)11-4-3-5-12(8-11)15(16,17)18/h6-7,10-12H,3-5,8-9H2,1-2H3. The van der Waals surface area contributed by atoms with Gasteiger partial charge >= 0.3 is 6.18 Å². The molecule has 0 N–H and O–H groups in total. The van der Waals surface area contributed by atoms with Crippen LogP contribution in [0.15, 0.2) is 12.3 Å². The summed E-state index contributed by atoms with van der Waals surface area (Å²) in [6.07, 6.45) is -1.13. The minimum Gasteiger partial charge on any atom is -0.299 e. The second-order valence-electron chi connectivity index (χ2n) is 6.13. The SMILES string of the molecule is CC(C)n1ccc(CC(=O)C2CCCC(C(F)(F)F)C2)n1. The molecule has 1 aliphatic carbocycles. The van der Waals surface area contributed by atoms with Crippen LogP contribution in [0.5, 0.6) is 0 Å². The lowest BCUT2D eigenvalue weighted by Crippen LogP contribution is -2.32. The van der Waals surface area contributed by atoms with Crippen molar-refractivity contribution in [3.8, 4) is 0 Å². The molecule has 2 rings (SSSR count). The van der Waals surface area contributed by atoms with Crippen molar-refractivity contribution < 1.29 is 18.0 Å². The van der Waals surface area contributed by atoms with Gasteiger partial charge in [-0.05, 0) is 39.2 Å². The first-order valence-electron chi connectivity index (χ1n) is 7.41. The molecule has 0 aromatic carbocycles. The third kappa shape index (κ3) is 4.08. The number of carbonyl (C=O) groups excluding carboxylic acids is 1. The van der Waals surface area contributed by atoms with Crippen molar-refractivity contribution in [2.24, 2.45) is 11.8 Å². The van der Waals surface area contributed by atoms with E-state index in [9.17, 15) is 18.0 Å². The molecule has 1 fully saturated rings. The second kappa shape index (κ2) is 6.20. The predicted octanol–water partition coefficient (Wildman–Crippen LogP) is 3.94. The van der Waals surface area contributed by atoms with Gasteiger partial charge in [0.2, 0.25) is 0 Å². The molecule has 2 atom stereocenters. The first kappa shape index (κ1) is 16.0. The van der Waals surface area contributed by atoms with E-state index in [1.807, 2.05) is 13.8 Å². The number of aromatic nitrogens is 2. The molecule has 3 nitrogen and oxygen atoms in total. The Morgan fingerprint density at radius 3 is 2.71 bits per heavy atom. The first-order valence-corrected chi connectivity index (χ1v) is 7.41. The van der Waals surface area contributed by atoms with Gasteiger partial charge in [0.1, 0.15) is 5.78 Å². The van der Waals surface area contributed by atoms with E-state index in [4.69, 9.17) is 0 Å². The zero-order valence-corrected chi connectivity index (χ0v) is 12.4. The number of nitrogens with zero attached hydrogens (tertiary/aromatic N) is 2. The Morgan fingerprint density at radius 2 is 2.14 bits per heavy atom. The molecule has 1 heterocycles. The fourth-order valence-corrected chi connectivity index (χ4v) is 2.86. The Morgan fingerprint density at radius 1 is 1.43 bits per heavy atom. The van der Waals surface area contributed by atoms with Crippen molar-refractivity contribution in [2.45, 2.75) is 58.2 Å². The average Bonchev–Trinajstić information content (AvgIpc) is 2.86. The van der Waals surface area contributed by atoms with Gasteiger partial charge in [0.05, 0.1) is 18.0 Å². The van der Waals surface area contributed by atoms with Crippen LogP contribution in [0.4, 0.5) is 13.2 Å². The van der Waals surface area contributed by atoms with Crippen molar-refractivity contribution in [3.05, 3.63) is 18.0 Å². The van der Waals surface area contributed by atoms with E-state index < -0.39 is 18.0 Å². The number of rotatable bonds is 4. The Hall–Kier alpha value is -1.33. The fourth-order valence-electron chi connectivity index (χ4n) is 2.86. The summed E-state index contributed by atoms with van der Waals surface area (Å²) in [5.74, 6) is -1.92. The van der Waals surface area contributed by atoms with Crippen LogP contribution in [0.3, 0.4) is 0 Å². The largest absolute Gasteiger partial charge is 0.391 e. The maximum atomic E-state index is 12.8. The van der Waals surface area contributed by atoms with Gasteiger partial charge in [0.25, 0.3) is 0 Å². The molecule has 1 aliphatic rings. The molecule has 1 saturated carbocycles. The molecule has 0 aliphatic heterocycles. The molecule has 2 unspecified atom stereocenters. The number of halogens is 3. The lowest BCUT2D eigenvalue weighted by Gasteiger charge is -2.29. The highest BCUT2D eigenvalue weighted by atomic mass is 19.4. The highest BCUT2D eigenvalue weighted by Gasteiger charge is 2.43. The van der Waals surface area contributed by atoms with Crippen LogP contribution < -0.4 is 0 Å². The molecule has 1 aromatic heterocycles. The zero-order valence-electron chi connectivity index (χ0n) is 12.4. The zero-order chi connectivity index (χ0) is 15.6. The minimum atomic E-state index is -4.18. The minimum absolute atomic E-state index is 0.0623. The number of carbonyl (C=O) groups is 1. The van der Waals surface area contributed by atoms with Crippen LogP contribution in [0.1, 0.15) is 51.3 Å². The highest BCUT2D eigenvalue weighted by Crippen LogP contribution is 2.40. The quantitative estimate of drug-likeness (QED) is 0.844. The summed E-state index contributed by atoms with van der Waals surface area (Å²) in [4.78, 5) is 12.2. The molecule has 0 spiro atoms. The van der Waals surface area contributed by atoms with Gasteiger partial charge < -0.3 is 0 Å². The third-order valence-electron chi connectivity index (χ3n) is 4.14. The summed E-state index contributed by atoms with van der Waals surface area (Å²) in [5.41, 5.74) is 0.642. The van der Waals surface area contributed by atoms with Gasteiger partial charge in [-0.3, -0.25) is 9.48 Å². The van der Waals surface area contributed by atoms with Gasteiger partial charge in [0, 0.05) is 18.2 Å². The monoisotopic (exact) mass is 302 g/mol. The van der Waals surface area contributed by atoms with Crippen LogP contribution in [0.25, 0.3) is 0 Å². The molecule has 6 heteroatoms.